The first-order valence-electron chi connectivity index (χ1n) is 7.64. The molecule has 2 aromatic rings. The molecule has 1 atom stereocenters. The van der Waals surface area contributed by atoms with E-state index in [9.17, 15) is 0 Å². The molecule has 0 spiro atoms. The second-order valence-electron chi connectivity index (χ2n) is 5.95. The third-order valence-corrected chi connectivity index (χ3v) is 4.69. The van der Waals surface area contributed by atoms with Gasteiger partial charge in [-0.15, -0.1) is 11.3 Å². The molecule has 0 aliphatic rings. The Morgan fingerprint density at radius 3 is 2.38 bits per heavy atom. The summed E-state index contributed by atoms with van der Waals surface area (Å²) in [6.07, 6.45) is 1.10. The van der Waals surface area contributed by atoms with Crippen molar-refractivity contribution < 1.29 is 0 Å². The van der Waals surface area contributed by atoms with Gasteiger partial charge in [0.2, 0.25) is 0 Å². The molecule has 21 heavy (non-hydrogen) atoms. The van der Waals surface area contributed by atoms with Crippen LogP contribution in [0, 0.1) is 0 Å². The van der Waals surface area contributed by atoms with E-state index in [-0.39, 0.29) is 0 Å². The molecule has 1 N–H and O–H groups in total. The van der Waals surface area contributed by atoms with Crippen LogP contribution >= 0.6 is 11.3 Å². The predicted molar refractivity (Wildman–Crippen MR) is 94.3 cm³/mol. The van der Waals surface area contributed by atoms with E-state index in [1.807, 2.05) is 11.3 Å². The van der Waals surface area contributed by atoms with Crippen LogP contribution in [-0.4, -0.2) is 19.1 Å². The Morgan fingerprint density at radius 2 is 1.81 bits per heavy atom. The molecule has 0 bridgehead atoms. The molecule has 1 aromatic heterocycles. The standard InChI is InChI=1S/C18H26N2S/c1-14(2)19-13-16-7-9-17(10-8-16)20(4)15(3)12-18-6-5-11-21-18/h5-11,14-15,19H,12-13H2,1-4H3. The highest BCUT2D eigenvalue weighted by Crippen LogP contribution is 2.20. The van der Waals surface area contributed by atoms with Crippen LogP contribution in [0.25, 0.3) is 0 Å². The Morgan fingerprint density at radius 1 is 1.10 bits per heavy atom. The highest BCUT2D eigenvalue weighted by atomic mass is 32.1. The first-order chi connectivity index (χ1) is 10.1. The lowest BCUT2D eigenvalue weighted by Gasteiger charge is -2.27. The number of rotatable bonds is 7. The van der Waals surface area contributed by atoms with Crippen molar-refractivity contribution in [3.63, 3.8) is 0 Å². The summed E-state index contributed by atoms with van der Waals surface area (Å²) in [5, 5.41) is 5.60. The minimum atomic E-state index is 0.503. The maximum absolute atomic E-state index is 3.45. The summed E-state index contributed by atoms with van der Waals surface area (Å²) in [5.41, 5.74) is 2.62. The van der Waals surface area contributed by atoms with Crippen molar-refractivity contribution in [1.29, 1.82) is 0 Å². The summed E-state index contributed by atoms with van der Waals surface area (Å²) in [5.74, 6) is 0. The van der Waals surface area contributed by atoms with Crippen molar-refractivity contribution in [2.45, 2.75) is 45.8 Å². The van der Waals surface area contributed by atoms with Crippen molar-refractivity contribution in [3.8, 4) is 0 Å². The van der Waals surface area contributed by atoms with E-state index in [2.05, 4.69) is 79.8 Å². The molecule has 0 amide bonds. The maximum Gasteiger partial charge on any atom is 0.0366 e. The van der Waals surface area contributed by atoms with E-state index in [1.165, 1.54) is 16.1 Å². The zero-order chi connectivity index (χ0) is 15.2. The Labute approximate surface area is 132 Å². The summed E-state index contributed by atoms with van der Waals surface area (Å²) in [6.45, 7) is 7.57. The van der Waals surface area contributed by atoms with E-state index >= 15 is 0 Å². The highest BCUT2D eigenvalue weighted by molar-refractivity contribution is 7.09. The third kappa shape index (κ3) is 4.87. The number of likely N-dealkylation sites (N-methyl/N-ethyl adjacent to an activating group) is 1. The summed E-state index contributed by atoms with van der Waals surface area (Å²) < 4.78 is 0. The van der Waals surface area contributed by atoms with Crippen molar-refractivity contribution in [3.05, 3.63) is 52.2 Å². The lowest BCUT2D eigenvalue weighted by atomic mass is 10.1. The number of hydrogen-bond acceptors (Lipinski definition) is 3. The maximum atomic E-state index is 3.45. The molecule has 0 aliphatic carbocycles. The Hall–Kier alpha value is -1.32. The van der Waals surface area contributed by atoms with Gasteiger partial charge in [-0.2, -0.15) is 0 Å². The Kier molecular flexibility index (Phi) is 5.83. The number of thiophene rings is 1. The van der Waals surface area contributed by atoms with Gasteiger partial charge in [0, 0.05) is 42.7 Å². The van der Waals surface area contributed by atoms with Gasteiger partial charge < -0.3 is 10.2 Å². The number of nitrogens with zero attached hydrogens (tertiary/aromatic N) is 1. The second kappa shape index (κ2) is 7.62. The van der Waals surface area contributed by atoms with Crippen LogP contribution in [0.15, 0.2) is 41.8 Å². The van der Waals surface area contributed by atoms with Crippen molar-refractivity contribution >= 4 is 17.0 Å². The first-order valence-corrected chi connectivity index (χ1v) is 8.51. The minimum Gasteiger partial charge on any atom is -0.372 e. The molecule has 0 saturated carbocycles. The van der Waals surface area contributed by atoms with Crippen molar-refractivity contribution in [2.75, 3.05) is 11.9 Å². The van der Waals surface area contributed by atoms with Crippen LogP contribution < -0.4 is 10.2 Å². The largest absolute Gasteiger partial charge is 0.372 e. The monoisotopic (exact) mass is 302 g/mol. The fraction of sp³-hybridized carbons (Fsp3) is 0.444. The van der Waals surface area contributed by atoms with Gasteiger partial charge in [0.25, 0.3) is 0 Å². The topological polar surface area (TPSA) is 15.3 Å². The van der Waals surface area contributed by atoms with Crippen LogP contribution in [0.3, 0.4) is 0 Å². The second-order valence-corrected chi connectivity index (χ2v) is 6.98. The highest BCUT2D eigenvalue weighted by Gasteiger charge is 2.11. The average molecular weight is 302 g/mol. The fourth-order valence-electron chi connectivity index (χ4n) is 2.28. The van der Waals surface area contributed by atoms with E-state index in [0.717, 1.165) is 13.0 Å². The molecule has 2 rings (SSSR count). The van der Waals surface area contributed by atoms with Crippen molar-refractivity contribution in [2.24, 2.45) is 0 Å². The first kappa shape index (κ1) is 16.1. The van der Waals surface area contributed by atoms with Gasteiger partial charge in [0.15, 0.2) is 0 Å². The van der Waals surface area contributed by atoms with Gasteiger partial charge >= 0.3 is 0 Å². The summed E-state index contributed by atoms with van der Waals surface area (Å²) in [4.78, 5) is 3.81. The lowest BCUT2D eigenvalue weighted by Crippen LogP contribution is -2.30. The number of hydrogen-bond donors (Lipinski definition) is 1. The van der Waals surface area contributed by atoms with E-state index < -0.39 is 0 Å². The molecule has 1 heterocycles. The lowest BCUT2D eigenvalue weighted by molar-refractivity contribution is 0.589. The van der Waals surface area contributed by atoms with Gasteiger partial charge in [0.1, 0.15) is 0 Å². The van der Waals surface area contributed by atoms with Crippen LogP contribution in [0.4, 0.5) is 5.69 Å². The Bertz CT molecular complexity index is 517. The molecular weight excluding hydrogens is 276 g/mol. The number of benzene rings is 1. The zero-order valence-corrected chi connectivity index (χ0v) is 14.3. The van der Waals surface area contributed by atoms with E-state index in [4.69, 9.17) is 0 Å². The molecule has 3 heteroatoms. The molecule has 114 valence electrons. The molecule has 2 nitrogen and oxygen atoms in total. The number of nitrogens with one attached hydrogen (secondary N) is 1. The smallest absolute Gasteiger partial charge is 0.0366 e. The molecular formula is C18H26N2S. The molecule has 0 aliphatic heterocycles. The van der Waals surface area contributed by atoms with Crippen LogP contribution in [0.5, 0.6) is 0 Å². The van der Waals surface area contributed by atoms with Gasteiger partial charge in [-0.05, 0) is 36.1 Å². The fourth-order valence-corrected chi connectivity index (χ4v) is 3.11. The van der Waals surface area contributed by atoms with Gasteiger partial charge in [-0.3, -0.25) is 0 Å². The average Bonchev–Trinajstić information content (AvgIpc) is 2.97. The van der Waals surface area contributed by atoms with E-state index in [1.54, 1.807) is 0 Å². The van der Waals surface area contributed by atoms with Crippen molar-refractivity contribution in [1.82, 2.24) is 5.32 Å². The normalized spacial score (nSPS) is 12.6. The third-order valence-electron chi connectivity index (χ3n) is 3.80. The SMILES string of the molecule is CC(C)NCc1ccc(N(C)C(C)Cc2cccs2)cc1. The Balaban J connectivity index is 1.94. The van der Waals surface area contributed by atoms with Crippen LogP contribution in [0.1, 0.15) is 31.2 Å². The quantitative estimate of drug-likeness (QED) is 0.819. The van der Waals surface area contributed by atoms with Gasteiger partial charge in [-0.25, -0.2) is 0 Å². The number of anilines is 1. The summed E-state index contributed by atoms with van der Waals surface area (Å²) in [7, 11) is 2.18. The molecule has 1 unspecified atom stereocenters. The van der Waals surface area contributed by atoms with Crippen LogP contribution in [-0.2, 0) is 13.0 Å². The van der Waals surface area contributed by atoms with Crippen LogP contribution in [0.2, 0.25) is 0 Å². The molecule has 1 aromatic carbocycles. The van der Waals surface area contributed by atoms with Gasteiger partial charge in [0.05, 0.1) is 0 Å². The van der Waals surface area contributed by atoms with E-state index in [0.29, 0.717) is 12.1 Å². The molecule has 0 radical (unpaired) electrons. The zero-order valence-electron chi connectivity index (χ0n) is 13.5. The molecule has 0 saturated heterocycles. The summed E-state index contributed by atoms with van der Waals surface area (Å²) in [6, 6.07) is 14.3. The minimum absolute atomic E-state index is 0.503. The van der Waals surface area contributed by atoms with Gasteiger partial charge in [-0.1, -0.05) is 32.0 Å². The molecule has 0 fully saturated rings. The predicted octanol–water partition coefficient (Wildman–Crippen LogP) is 4.31. The summed E-state index contributed by atoms with van der Waals surface area (Å²) >= 11 is 1.84.